The summed E-state index contributed by atoms with van der Waals surface area (Å²) in [5, 5.41) is 0. The standard InChI is InChI=1S/C26H22N2/c27-28-24-19-18-23(17-16-20-10-4-1-5-11-20)25(21-12-6-2-7-13-21)26(24)22-14-8-3-9-15-22/h1-19,28H,27H2. The molecule has 0 saturated heterocycles. The van der Waals surface area contributed by atoms with E-state index in [1.54, 1.807) is 0 Å². The number of benzene rings is 4. The smallest absolute Gasteiger partial charge is 0.0570 e. The molecule has 4 aromatic rings. The summed E-state index contributed by atoms with van der Waals surface area (Å²) < 4.78 is 0. The van der Waals surface area contributed by atoms with Crippen molar-refractivity contribution in [2.45, 2.75) is 0 Å². The normalized spacial score (nSPS) is 10.9. The maximum absolute atomic E-state index is 5.88. The summed E-state index contributed by atoms with van der Waals surface area (Å²) in [4.78, 5) is 0. The van der Waals surface area contributed by atoms with E-state index >= 15 is 0 Å². The molecule has 3 N–H and O–H groups in total. The Morgan fingerprint density at radius 2 is 1.07 bits per heavy atom. The van der Waals surface area contributed by atoms with E-state index in [2.05, 4.69) is 96.4 Å². The molecule has 136 valence electrons. The van der Waals surface area contributed by atoms with Crippen molar-refractivity contribution < 1.29 is 0 Å². The van der Waals surface area contributed by atoms with Gasteiger partial charge in [-0.15, -0.1) is 0 Å². The Hall–Kier alpha value is -3.62. The average Bonchev–Trinajstić information content (AvgIpc) is 2.79. The van der Waals surface area contributed by atoms with Gasteiger partial charge in [-0.3, -0.25) is 5.84 Å². The van der Waals surface area contributed by atoms with Crippen LogP contribution in [0.5, 0.6) is 0 Å². The molecule has 28 heavy (non-hydrogen) atoms. The summed E-state index contributed by atoms with van der Waals surface area (Å²) in [6.45, 7) is 0. The molecule has 0 unspecified atom stereocenters. The van der Waals surface area contributed by atoms with Gasteiger partial charge in [0.1, 0.15) is 0 Å². The van der Waals surface area contributed by atoms with Crippen LogP contribution in [0.3, 0.4) is 0 Å². The number of hydrazine groups is 1. The number of nitrogens with two attached hydrogens (primary N) is 1. The number of hydrogen-bond donors (Lipinski definition) is 2. The molecule has 0 radical (unpaired) electrons. The Kier molecular flexibility index (Phi) is 5.32. The summed E-state index contributed by atoms with van der Waals surface area (Å²) >= 11 is 0. The molecule has 0 atom stereocenters. The van der Waals surface area contributed by atoms with Crippen molar-refractivity contribution in [1.29, 1.82) is 0 Å². The number of rotatable bonds is 5. The number of hydrogen-bond acceptors (Lipinski definition) is 2. The van der Waals surface area contributed by atoms with E-state index in [1.807, 2.05) is 24.3 Å². The first-order valence-electron chi connectivity index (χ1n) is 9.34. The van der Waals surface area contributed by atoms with Crippen LogP contribution in [0, 0.1) is 0 Å². The van der Waals surface area contributed by atoms with Gasteiger partial charge in [0.05, 0.1) is 5.69 Å². The Labute approximate surface area is 166 Å². The van der Waals surface area contributed by atoms with Crippen molar-refractivity contribution in [3.05, 3.63) is 114 Å². The zero-order chi connectivity index (χ0) is 19.2. The first kappa shape index (κ1) is 17.8. The fourth-order valence-electron chi connectivity index (χ4n) is 3.45. The monoisotopic (exact) mass is 362 g/mol. The molecule has 0 aliphatic rings. The highest BCUT2D eigenvalue weighted by Gasteiger charge is 2.15. The Morgan fingerprint density at radius 3 is 1.64 bits per heavy atom. The molecule has 0 bridgehead atoms. The fraction of sp³-hybridized carbons (Fsp3) is 0. The largest absolute Gasteiger partial charge is 0.323 e. The van der Waals surface area contributed by atoms with Gasteiger partial charge < -0.3 is 5.43 Å². The van der Waals surface area contributed by atoms with Crippen LogP contribution < -0.4 is 11.3 Å². The first-order chi connectivity index (χ1) is 13.9. The Bertz CT molecular complexity index is 1070. The highest BCUT2D eigenvalue weighted by Crippen LogP contribution is 2.40. The van der Waals surface area contributed by atoms with Gasteiger partial charge in [0.25, 0.3) is 0 Å². The van der Waals surface area contributed by atoms with Crippen LogP contribution in [0.2, 0.25) is 0 Å². The molecule has 0 spiro atoms. The van der Waals surface area contributed by atoms with Gasteiger partial charge in [0.2, 0.25) is 0 Å². The number of anilines is 1. The second kappa shape index (κ2) is 8.38. The van der Waals surface area contributed by atoms with Gasteiger partial charge in [0, 0.05) is 5.56 Å². The summed E-state index contributed by atoms with van der Waals surface area (Å²) in [6, 6.07) is 35.3. The highest BCUT2D eigenvalue weighted by atomic mass is 15.2. The molecule has 0 aliphatic carbocycles. The van der Waals surface area contributed by atoms with Gasteiger partial charge in [-0.25, -0.2) is 0 Å². The maximum Gasteiger partial charge on any atom is 0.0570 e. The van der Waals surface area contributed by atoms with Crippen LogP contribution in [0.15, 0.2) is 103 Å². The van der Waals surface area contributed by atoms with E-state index in [0.717, 1.165) is 33.5 Å². The zero-order valence-corrected chi connectivity index (χ0v) is 15.5. The van der Waals surface area contributed by atoms with E-state index < -0.39 is 0 Å². The summed E-state index contributed by atoms with van der Waals surface area (Å²) in [6.07, 6.45) is 4.32. The molecule has 0 heterocycles. The van der Waals surface area contributed by atoms with Gasteiger partial charge in [-0.05, 0) is 33.9 Å². The molecule has 0 aliphatic heterocycles. The quantitative estimate of drug-likeness (QED) is 0.242. The Balaban J connectivity index is 1.95. The van der Waals surface area contributed by atoms with Crippen LogP contribution in [0.4, 0.5) is 5.69 Å². The van der Waals surface area contributed by atoms with Crippen molar-refractivity contribution in [3.8, 4) is 22.3 Å². The van der Waals surface area contributed by atoms with Crippen molar-refractivity contribution in [2.24, 2.45) is 5.84 Å². The molecular formula is C26H22N2. The van der Waals surface area contributed by atoms with Crippen molar-refractivity contribution in [1.82, 2.24) is 0 Å². The molecule has 0 aromatic heterocycles. The molecule has 4 rings (SSSR count). The third-order valence-corrected chi connectivity index (χ3v) is 4.77. The van der Waals surface area contributed by atoms with Crippen LogP contribution in [0.25, 0.3) is 34.4 Å². The van der Waals surface area contributed by atoms with Gasteiger partial charge >= 0.3 is 0 Å². The lowest BCUT2D eigenvalue weighted by Gasteiger charge is -2.18. The molecule has 2 heteroatoms. The first-order valence-corrected chi connectivity index (χ1v) is 9.34. The third-order valence-electron chi connectivity index (χ3n) is 4.77. The third kappa shape index (κ3) is 3.73. The van der Waals surface area contributed by atoms with Crippen molar-refractivity contribution >= 4 is 17.8 Å². The van der Waals surface area contributed by atoms with E-state index in [0.29, 0.717) is 0 Å². The minimum Gasteiger partial charge on any atom is -0.323 e. The minimum absolute atomic E-state index is 0.905. The lowest BCUT2D eigenvalue weighted by molar-refractivity contribution is 1.35. The fourth-order valence-corrected chi connectivity index (χ4v) is 3.45. The van der Waals surface area contributed by atoms with Crippen LogP contribution in [0.1, 0.15) is 11.1 Å². The van der Waals surface area contributed by atoms with Crippen LogP contribution in [-0.4, -0.2) is 0 Å². The lowest BCUT2D eigenvalue weighted by Crippen LogP contribution is -2.09. The van der Waals surface area contributed by atoms with Crippen molar-refractivity contribution in [3.63, 3.8) is 0 Å². The summed E-state index contributed by atoms with van der Waals surface area (Å²) in [5.74, 6) is 5.88. The maximum atomic E-state index is 5.88. The average molecular weight is 362 g/mol. The lowest BCUT2D eigenvalue weighted by atomic mass is 9.89. The predicted molar refractivity (Wildman–Crippen MR) is 120 cm³/mol. The highest BCUT2D eigenvalue weighted by molar-refractivity contribution is 5.97. The summed E-state index contributed by atoms with van der Waals surface area (Å²) in [7, 11) is 0. The van der Waals surface area contributed by atoms with E-state index in [1.165, 1.54) is 5.56 Å². The van der Waals surface area contributed by atoms with Gasteiger partial charge in [-0.2, -0.15) is 0 Å². The SMILES string of the molecule is NNc1ccc(C=Cc2ccccc2)c(-c2ccccc2)c1-c1ccccc1. The van der Waals surface area contributed by atoms with Crippen LogP contribution in [-0.2, 0) is 0 Å². The second-order valence-corrected chi connectivity index (χ2v) is 6.57. The molecular weight excluding hydrogens is 340 g/mol. The Morgan fingerprint density at radius 1 is 0.536 bits per heavy atom. The van der Waals surface area contributed by atoms with Gasteiger partial charge in [0.15, 0.2) is 0 Å². The summed E-state index contributed by atoms with van der Waals surface area (Å²) in [5.41, 5.74) is 10.7. The van der Waals surface area contributed by atoms with Crippen LogP contribution >= 0.6 is 0 Å². The minimum atomic E-state index is 0.905. The van der Waals surface area contributed by atoms with Crippen molar-refractivity contribution in [2.75, 3.05) is 5.43 Å². The number of nitrogen functional groups attached to an aromatic ring is 1. The van der Waals surface area contributed by atoms with Gasteiger partial charge in [-0.1, -0.05) is 109 Å². The van der Waals surface area contributed by atoms with E-state index in [-0.39, 0.29) is 0 Å². The zero-order valence-electron chi connectivity index (χ0n) is 15.5. The number of nitrogens with one attached hydrogen (secondary N) is 1. The predicted octanol–water partition coefficient (Wildman–Crippen LogP) is 6.48. The molecule has 0 saturated carbocycles. The molecule has 2 nitrogen and oxygen atoms in total. The topological polar surface area (TPSA) is 38.0 Å². The molecule has 4 aromatic carbocycles. The molecule has 0 fully saturated rings. The van der Waals surface area contributed by atoms with E-state index in [9.17, 15) is 0 Å². The molecule has 0 amide bonds. The second-order valence-electron chi connectivity index (χ2n) is 6.57. The van der Waals surface area contributed by atoms with E-state index in [4.69, 9.17) is 5.84 Å².